The smallest absolute Gasteiger partial charge is 0.307 e. The van der Waals surface area contributed by atoms with Crippen LogP contribution in [0.2, 0.25) is 0 Å². The minimum atomic E-state index is -0.160. The Morgan fingerprint density at radius 1 is 1.50 bits per heavy atom. The Labute approximate surface area is 119 Å². The van der Waals surface area contributed by atoms with Gasteiger partial charge in [0.25, 0.3) is 0 Å². The zero-order chi connectivity index (χ0) is 14.5. The topological polar surface area (TPSA) is 56.6 Å². The van der Waals surface area contributed by atoms with Gasteiger partial charge in [0.1, 0.15) is 0 Å². The molecular formula is C14H23N3O3. The molecule has 1 aromatic heterocycles. The van der Waals surface area contributed by atoms with Crippen LogP contribution in [0.25, 0.3) is 0 Å². The van der Waals surface area contributed by atoms with Crippen molar-refractivity contribution < 1.29 is 14.3 Å². The van der Waals surface area contributed by atoms with E-state index in [2.05, 4.69) is 10.00 Å². The standard InChI is InChI=1S/C14H23N3O3/c1-4-20-14(18)9-13(17-5-7-19-8-6-17)12-10-15-16(3)11(12)2/h10,13H,4-9H2,1-3H3. The van der Waals surface area contributed by atoms with Gasteiger partial charge in [-0.3, -0.25) is 14.4 Å². The Balaban J connectivity index is 2.18. The van der Waals surface area contributed by atoms with Gasteiger partial charge < -0.3 is 9.47 Å². The SMILES string of the molecule is CCOC(=O)CC(c1cnn(C)c1C)N1CCOCC1. The van der Waals surface area contributed by atoms with Crippen molar-refractivity contribution in [2.75, 3.05) is 32.9 Å². The molecule has 1 unspecified atom stereocenters. The number of carbonyl (C=O) groups excluding carboxylic acids is 1. The Morgan fingerprint density at radius 3 is 2.75 bits per heavy atom. The van der Waals surface area contributed by atoms with Gasteiger partial charge in [-0.1, -0.05) is 0 Å². The van der Waals surface area contributed by atoms with Crippen LogP contribution in [0, 0.1) is 6.92 Å². The molecule has 0 aliphatic carbocycles. The zero-order valence-corrected chi connectivity index (χ0v) is 12.5. The molecule has 0 radical (unpaired) electrons. The highest BCUT2D eigenvalue weighted by molar-refractivity contribution is 5.70. The zero-order valence-electron chi connectivity index (χ0n) is 12.5. The molecule has 1 aliphatic heterocycles. The summed E-state index contributed by atoms with van der Waals surface area (Å²) in [6, 6.07) is 0.0200. The number of morpholine rings is 1. The molecule has 1 aromatic rings. The van der Waals surface area contributed by atoms with E-state index in [-0.39, 0.29) is 12.0 Å². The summed E-state index contributed by atoms with van der Waals surface area (Å²) in [6.45, 7) is 7.35. The molecule has 0 N–H and O–H groups in total. The third-order valence-electron chi connectivity index (χ3n) is 3.78. The number of rotatable bonds is 5. The largest absolute Gasteiger partial charge is 0.466 e. The van der Waals surface area contributed by atoms with E-state index in [1.807, 2.05) is 31.8 Å². The molecular weight excluding hydrogens is 258 g/mol. The first-order chi connectivity index (χ1) is 9.63. The van der Waals surface area contributed by atoms with Gasteiger partial charge in [-0.15, -0.1) is 0 Å². The van der Waals surface area contributed by atoms with Crippen molar-refractivity contribution in [1.29, 1.82) is 0 Å². The van der Waals surface area contributed by atoms with Crippen LogP contribution in [0.1, 0.15) is 30.6 Å². The fraction of sp³-hybridized carbons (Fsp3) is 0.714. The third-order valence-corrected chi connectivity index (χ3v) is 3.78. The number of carbonyl (C=O) groups is 1. The van der Waals surface area contributed by atoms with Crippen LogP contribution < -0.4 is 0 Å². The van der Waals surface area contributed by atoms with Crippen molar-refractivity contribution >= 4 is 5.97 Å². The van der Waals surface area contributed by atoms with Crippen LogP contribution >= 0.6 is 0 Å². The van der Waals surface area contributed by atoms with Crippen molar-refractivity contribution in [1.82, 2.24) is 14.7 Å². The van der Waals surface area contributed by atoms with Crippen LogP contribution in [-0.4, -0.2) is 53.6 Å². The van der Waals surface area contributed by atoms with E-state index in [4.69, 9.17) is 9.47 Å². The maximum Gasteiger partial charge on any atom is 0.307 e. The van der Waals surface area contributed by atoms with Crippen LogP contribution in [0.15, 0.2) is 6.20 Å². The van der Waals surface area contributed by atoms with Crippen LogP contribution in [0.5, 0.6) is 0 Å². The van der Waals surface area contributed by atoms with Crippen molar-refractivity contribution in [3.63, 3.8) is 0 Å². The predicted molar refractivity (Wildman–Crippen MR) is 74.3 cm³/mol. The van der Waals surface area contributed by atoms with E-state index in [0.717, 1.165) is 24.3 Å². The van der Waals surface area contributed by atoms with Gasteiger partial charge >= 0.3 is 5.97 Å². The summed E-state index contributed by atoms with van der Waals surface area (Å²) in [4.78, 5) is 14.2. The summed E-state index contributed by atoms with van der Waals surface area (Å²) >= 11 is 0. The predicted octanol–water partition coefficient (Wildman–Crippen LogP) is 1.06. The first kappa shape index (κ1) is 15.0. The minimum Gasteiger partial charge on any atom is -0.466 e. The second-order valence-electron chi connectivity index (χ2n) is 4.98. The molecule has 1 saturated heterocycles. The van der Waals surface area contributed by atoms with E-state index in [1.165, 1.54) is 0 Å². The van der Waals surface area contributed by atoms with Crippen LogP contribution in [-0.2, 0) is 21.3 Å². The van der Waals surface area contributed by atoms with Crippen molar-refractivity contribution in [2.45, 2.75) is 26.3 Å². The number of esters is 1. The Bertz CT molecular complexity index is 453. The summed E-state index contributed by atoms with van der Waals surface area (Å²) in [5.74, 6) is -0.160. The monoisotopic (exact) mass is 281 g/mol. The lowest BCUT2D eigenvalue weighted by molar-refractivity contribution is -0.145. The summed E-state index contributed by atoms with van der Waals surface area (Å²) in [5.41, 5.74) is 2.19. The maximum absolute atomic E-state index is 11.9. The summed E-state index contributed by atoms with van der Waals surface area (Å²) in [6.07, 6.45) is 2.22. The highest BCUT2D eigenvalue weighted by atomic mass is 16.5. The number of hydrogen-bond acceptors (Lipinski definition) is 5. The highest BCUT2D eigenvalue weighted by Crippen LogP contribution is 2.27. The summed E-state index contributed by atoms with van der Waals surface area (Å²) < 4.78 is 12.3. The molecule has 0 spiro atoms. The van der Waals surface area contributed by atoms with Gasteiger partial charge in [-0.05, 0) is 13.8 Å². The van der Waals surface area contributed by atoms with Gasteiger partial charge in [0, 0.05) is 37.4 Å². The minimum absolute atomic E-state index is 0.0200. The Hall–Kier alpha value is -1.40. The maximum atomic E-state index is 11.9. The molecule has 1 fully saturated rings. The second kappa shape index (κ2) is 6.85. The molecule has 0 aromatic carbocycles. The number of hydrogen-bond donors (Lipinski definition) is 0. The molecule has 0 saturated carbocycles. The first-order valence-corrected chi connectivity index (χ1v) is 7.09. The normalized spacial score (nSPS) is 17.9. The highest BCUT2D eigenvalue weighted by Gasteiger charge is 2.28. The van der Waals surface area contributed by atoms with Crippen molar-refractivity contribution in [3.8, 4) is 0 Å². The van der Waals surface area contributed by atoms with E-state index in [0.29, 0.717) is 26.2 Å². The first-order valence-electron chi connectivity index (χ1n) is 7.09. The summed E-state index contributed by atoms with van der Waals surface area (Å²) in [5, 5.41) is 4.29. The van der Waals surface area contributed by atoms with E-state index in [9.17, 15) is 4.79 Å². The van der Waals surface area contributed by atoms with Gasteiger partial charge in [-0.2, -0.15) is 5.10 Å². The van der Waals surface area contributed by atoms with Crippen molar-refractivity contribution in [2.24, 2.45) is 7.05 Å². The lowest BCUT2D eigenvalue weighted by Gasteiger charge is -2.34. The molecule has 2 heterocycles. The van der Waals surface area contributed by atoms with Gasteiger partial charge in [0.05, 0.1) is 32.4 Å². The molecule has 112 valence electrons. The molecule has 1 aliphatic rings. The fourth-order valence-electron chi connectivity index (χ4n) is 2.55. The molecule has 0 bridgehead atoms. The number of ether oxygens (including phenoxy) is 2. The van der Waals surface area contributed by atoms with Crippen LogP contribution in [0.3, 0.4) is 0 Å². The number of nitrogens with zero attached hydrogens (tertiary/aromatic N) is 3. The van der Waals surface area contributed by atoms with Gasteiger partial charge in [0.15, 0.2) is 0 Å². The van der Waals surface area contributed by atoms with Gasteiger partial charge in [0.2, 0.25) is 0 Å². The second-order valence-corrected chi connectivity index (χ2v) is 4.98. The lowest BCUT2D eigenvalue weighted by atomic mass is 10.0. The molecule has 0 amide bonds. The Morgan fingerprint density at radius 2 is 2.20 bits per heavy atom. The number of aromatic nitrogens is 2. The summed E-state index contributed by atoms with van der Waals surface area (Å²) in [7, 11) is 1.92. The average molecular weight is 281 g/mol. The molecule has 6 nitrogen and oxygen atoms in total. The fourth-order valence-corrected chi connectivity index (χ4v) is 2.55. The molecule has 1 atom stereocenters. The Kier molecular flexibility index (Phi) is 5.14. The van der Waals surface area contributed by atoms with Crippen LogP contribution in [0.4, 0.5) is 0 Å². The number of aryl methyl sites for hydroxylation is 1. The average Bonchev–Trinajstić information content (AvgIpc) is 2.78. The van der Waals surface area contributed by atoms with Gasteiger partial charge in [-0.25, -0.2) is 0 Å². The molecule has 20 heavy (non-hydrogen) atoms. The molecule has 6 heteroatoms. The van der Waals surface area contributed by atoms with E-state index in [1.54, 1.807) is 0 Å². The lowest BCUT2D eigenvalue weighted by Crippen LogP contribution is -2.40. The quantitative estimate of drug-likeness (QED) is 0.755. The van der Waals surface area contributed by atoms with E-state index < -0.39 is 0 Å². The molecule has 2 rings (SSSR count). The van der Waals surface area contributed by atoms with E-state index >= 15 is 0 Å². The van der Waals surface area contributed by atoms with Crippen molar-refractivity contribution in [3.05, 3.63) is 17.5 Å². The third kappa shape index (κ3) is 3.37.